The van der Waals surface area contributed by atoms with E-state index in [1.807, 2.05) is 12.3 Å². The molecule has 1 aromatic heterocycles. The predicted molar refractivity (Wildman–Crippen MR) is 144 cm³/mol. The Balaban J connectivity index is 1.35. The molecule has 1 fully saturated rings. The number of nitrogens with two attached hydrogens (primary N) is 1. The van der Waals surface area contributed by atoms with Crippen LogP contribution in [-0.4, -0.2) is 41.8 Å². The van der Waals surface area contributed by atoms with Gasteiger partial charge in [-0.15, -0.1) is 0 Å². The van der Waals surface area contributed by atoms with E-state index in [1.54, 1.807) is 0 Å². The number of nitrogen functional groups attached to an aromatic ring is 1. The third-order valence-electron chi connectivity index (χ3n) is 7.10. The van der Waals surface area contributed by atoms with Gasteiger partial charge in [0.1, 0.15) is 0 Å². The summed E-state index contributed by atoms with van der Waals surface area (Å²) < 4.78 is 8.10. The first-order valence-electron chi connectivity index (χ1n) is 12.2. The summed E-state index contributed by atoms with van der Waals surface area (Å²) >= 11 is 0. The van der Waals surface area contributed by atoms with Crippen LogP contribution in [-0.2, 0) is 18.3 Å². The number of aromatic nitrogens is 1. The molecule has 1 unspecified atom stereocenters. The average Bonchev–Trinajstić information content (AvgIpc) is 3.25. The van der Waals surface area contributed by atoms with Crippen LogP contribution in [0.25, 0.3) is 22.0 Å². The third-order valence-corrected chi connectivity index (χ3v) is 7.10. The molecule has 4 aromatic rings. The Kier molecular flexibility index (Phi) is 5.68. The molecule has 1 saturated heterocycles. The molecule has 3 heterocycles. The van der Waals surface area contributed by atoms with Gasteiger partial charge in [0.05, 0.1) is 30.6 Å². The molecule has 0 spiro atoms. The average molecular weight is 466 g/mol. The van der Waals surface area contributed by atoms with Crippen molar-refractivity contribution in [2.75, 3.05) is 42.3 Å². The van der Waals surface area contributed by atoms with Gasteiger partial charge in [0.2, 0.25) is 0 Å². The minimum Gasteiger partial charge on any atom is -0.399 e. The van der Waals surface area contributed by atoms with E-state index in [9.17, 15) is 0 Å². The second-order valence-electron chi connectivity index (χ2n) is 9.46. The first-order valence-corrected chi connectivity index (χ1v) is 12.2. The number of hydrogen-bond acceptors (Lipinski definition) is 5. The van der Waals surface area contributed by atoms with Crippen molar-refractivity contribution in [2.45, 2.75) is 12.6 Å². The summed E-state index contributed by atoms with van der Waals surface area (Å²) in [5.41, 5.74) is 14.1. The Hall–Kier alpha value is -3.74. The molecule has 3 N–H and O–H groups in total. The van der Waals surface area contributed by atoms with Crippen LogP contribution in [0.1, 0.15) is 5.56 Å². The summed E-state index contributed by atoms with van der Waals surface area (Å²) in [6.07, 6.45) is 6.24. The molecule has 6 rings (SSSR count). The van der Waals surface area contributed by atoms with Crippen LogP contribution in [0.2, 0.25) is 0 Å². The van der Waals surface area contributed by atoms with E-state index >= 15 is 0 Å². The smallest absolute Gasteiger partial charge is 0.0727 e. The lowest BCUT2D eigenvalue weighted by atomic mass is 9.98. The zero-order chi connectivity index (χ0) is 23.8. The van der Waals surface area contributed by atoms with Crippen LogP contribution in [0.15, 0.2) is 85.3 Å². The van der Waals surface area contributed by atoms with Gasteiger partial charge < -0.3 is 25.3 Å². The lowest BCUT2D eigenvalue weighted by Gasteiger charge is -2.40. The maximum absolute atomic E-state index is 6.36. The van der Waals surface area contributed by atoms with E-state index in [1.165, 1.54) is 16.5 Å². The van der Waals surface area contributed by atoms with Crippen LogP contribution >= 0.6 is 0 Å². The molecular formula is C29H31N5O. The van der Waals surface area contributed by atoms with Crippen LogP contribution < -0.4 is 16.0 Å². The number of morpholine rings is 1. The number of rotatable bonds is 5. The minimum atomic E-state index is 0.278. The topological polar surface area (TPSA) is 58.7 Å². The maximum atomic E-state index is 6.36. The van der Waals surface area contributed by atoms with Gasteiger partial charge in [0, 0.05) is 62.0 Å². The van der Waals surface area contributed by atoms with Gasteiger partial charge in [-0.3, -0.25) is 4.90 Å². The molecule has 35 heavy (non-hydrogen) atoms. The number of anilines is 3. The van der Waals surface area contributed by atoms with Crippen LogP contribution in [0.3, 0.4) is 0 Å². The van der Waals surface area contributed by atoms with Crippen molar-refractivity contribution < 1.29 is 4.74 Å². The lowest BCUT2D eigenvalue weighted by Crippen LogP contribution is -2.50. The van der Waals surface area contributed by atoms with Crippen molar-refractivity contribution >= 4 is 28.0 Å². The molecular weight excluding hydrogens is 434 g/mol. The van der Waals surface area contributed by atoms with E-state index in [0.717, 1.165) is 61.0 Å². The first-order chi connectivity index (χ1) is 17.2. The zero-order valence-corrected chi connectivity index (χ0v) is 20.0. The van der Waals surface area contributed by atoms with Crippen LogP contribution in [0, 0.1) is 0 Å². The standard InChI is InChI=1S/C29H31N5O/c1-32-11-9-22-7-8-23(15-28(22)32)26-16-24(30)17-27-29(26)34(12-10-31-27)19-25-20-35-14-13-33(25)18-21-5-3-2-4-6-21/h2-12,15-17,25,31H,13-14,18-20,30H2,1H3. The fourth-order valence-corrected chi connectivity index (χ4v) is 5.28. The Bertz CT molecular complexity index is 1380. The van der Waals surface area contributed by atoms with Crippen molar-refractivity contribution in [3.8, 4) is 11.1 Å². The summed E-state index contributed by atoms with van der Waals surface area (Å²) in [6, 6.07) is 23.9. The van der Waals surface area contributed by atoms with Crippen LogP contribution in [0.4, 0.5) is 17.1 Å². The quantitative estimate of drug-likeness (QED) is 0.405. The van der Waals surface area contributed by atoms with Gasteiger partial charge in [-0.25, -0.2) is 0 Å². The van der Waals surface area contributed by atoms with E-state index in [2.05, 4.69) is 99.8 Å². The minimum absolute atomic E-state index is 0.278. The largest absolute Gasteiger partial charge is 0.399 e. The lowest BCUT2D eigenvalue weighted by molar-refractivity contribution is -0.00799. The van der Waals surface area contributed by atoms with Gasteiger partial charge in [-0.05, 0) is 40.8 Å². The third kappa shape index (κ3) is 4.27. The maximum Gasteiger partial charge on any atom is 0.0727 e. The molecule has 3 aromatic carbocycles. The highest BCUT2D eigenvalue weighted by atomic mass is 16.5. The highest BCUT2D eigenvalue weighted by Crippen LogP contribution is 2.42. The highest BCUT2D eigenvalue weighted by molar-refractivity contribution is 5.95. The number of ether oxygens (including phenoxy) is 1. The van der Waals surface area contributed by atoms with Crippen molar-refractivity contribution in [2.24, 2.45) is 7.05 Å². The van der Waals surface area contributed by atoms with Crippen molar-refractivity contribution in [3.63, 3.8) is 0 Å². The summed E-state index contributed by atoms with van der Waals surface area (Å²) in [5.74, 6) is 0. The fourth-order valence-electron chi connectivity index (χ4n) is 5.28. The number of nitrogens with zero attached hydrogens (tertiary/aromatic N) is 3. The number of fused-ring (bicyclic) bond motifs is 2. The van der Waals surface area contributed by atoms with E-state index in [4.69, 9.17) is 10.5 Å². The predicted octanol–water partition coefficient (Wildman–Crippen LogP) is 5.03. The molecule has 0 radical (unpaired) electrons. The monoisotopic (exact) mass is 465 g/mol. The molecule has 178 valence electrons. The first kappa shape index (κ1) is 21.8. The fraction of sp³-hybridized carbons (Fsp3) is 0.241. The van der Waals surface area contributed by atoms with Gasteiger partial charge in [0.25, 0.3) is 0 Å². The van der Waals surface area contributed by atoms with Gasteiger partial charge >= 0.3 is 0 Å². The Morgan fingerprint density at radius 1 is 1.06 bits per heavy atom. The Morgan fingerprint density at radius 2 is 1.94 bits per heavy atom. The normalized spacial score (nSPS) is 18.0. The van der Waals surface area contributed by atoms with E-state index in [0.29, 0.717) is 0 Å². The van der Waals surface area contributed by atoms with Gasteiger partial charge in [0.15, 0.2) is 0 Å². The Morgan fingerprint density at radius 3 is 2.83 bits per heavy atom. The summed E-state index contributed by atoms with van der Waals surface area (Å²) in [7, 11) is 2.09. The molecule has 1 atom stereocenters. The molecule has 2 aliphatic heterocycles. The molecule has 0 saturated carbocycles. The summed E-state index contributed by atoms with van der Waals surface area (Å²) in [4.78, 5) is 4.90. The van der Waals surface area contributed by atoms with Crippen molar-refractivity contribution in [3.05, 3.63) is 90.9 Å². The number of benzene rings is 3. The molecule has 6 nitrogen and oxygen atoms in total. The van der Waals surface area contributed by atoms with Crippen LogP contribution in [0.5, 0.6) is 0 Å². The zero-order valence-electron chi connectivity index (χ0n) is 20.0. The Labute approximate surface area is 206 Å². The molecule has 6 heteroatoms. The number of aryl methyl sites for hydroxylation is 1. The van der Waals surface area contributed by atoms with Crippen molar-refractivity contribution in [1.29, 1.82) is 0 Å². The summed E-state index contributed by atoms with van der Waals surface area (Å²) in [5, 5.41) is 4.66. The van der Waals surface area contributed by atoms with E-state index < -0.39 is 0 Å². The molecule has 0 aliphatic carbocycles. The second-order valence-corrected chi connectivity index (χ2v) is 9.46. The number of nitrogens with one attached hydrogen (secondary N) is 1. The molecule has 0 bridgehead atoms. The van der Waals surface area contributed by atoms with E-state index in [-0.39, 0.29) is 6.04 Å². The summed E-state index contributed by atoms with van der Waals surface area (Å²) in [6.45, 7) is 4.19. The SMILES string of the molecule is Cn1ccc2ccc(-c3cc(N)cc4c3N(CC3COCCN3Cc3ccccc3)C=CN4)cc21. The molecule has 2 aliphatic rings. The second kappa shape index (κ2) is 9.13. The van der Waals surface area contributed by atoms with Crippen molar-refractivity contribution in [1.82, 2.24) is 9.47 Å². The van der Waals surface area contributed by atoms with Gasteiger partial charge in [-0.1, -0.05) is 42.5 Å². The molecule has 0 amide bonds. The van der Waals surface area contributed by atoms with Gasteiger partial charge in [-0.2, -0.15) is 0 Å². The highest BCUT2D eigenvalue weighted by Gasteiger charge is 2.28. The number of hydrogen-bond donors (Lipinski definition) is 2.